The number of hydrogen-bond donors (Lipinski definition) is 6. The summed E-state index contributed by atoms with van der Waals surface area (Å²) in [5.74, 6) is -0.197. The number of carbonyl (C=O) groups excluding carboxylic acids is 1. The first-order chi connectivity index (χ1) is 20.3. The van der Waals surface area contributed by atoms with E-state index in [4.69, 9.17) is 9.47 Å². The third kappa shape index (κ3) is 17.1. The minimum absolute atomic E-state index is 0.193. The number of rotatable bonds is 25. The summed E-state index contributed by atoms with van der Waals surface area (Å²) >= 11 is 0. The van der Waals surface area contributed by atoms with Crippen molar-refractivity contribution in [3.05, 3.63) is 24.3 Å². The highest BCUT2D eigenvalue weighted by Gasteiger charge is 2.44. The lowest BCUT2D eigenvalue weighted by atomic mass is 9.99. The molecule has 1 fully saturated rings. The molecule has 246 valence electrons. The first-order valence-corrected chi connectivity index (χ1v) is 16.6. The Bertz CT molecular complexity index is 716. The van der Waals surface area contributed by atoms with E-state index in [0.717, 1.165) is 64.2 Å². The standard InChI is InChI=1S/C33H61NO8/c1-3-5-7-9-10-11-12-13-14-15-16-17-19-21-23-29(37)34-26(27(36)22-20-18-8-6-4-2)25-41-33-32(40)31(39)30(38)28(24-35)42-33/h12-13,20,22,26-28,30-33,35-36,38-40H,3-11,14-19,21,23-25H2,1-2H3,(H,34,37)/b13-12-,22-20+. The van der Waals surface area contributed by atoms with Crippen LogP contribution in [-0.4, -0.2) is 87.5 Å². The van der Waals surface area contributed by atoms with Crippen LogP contribution in [0.1, 0.15) is 123 Å². The zero-order valence-electron chi connectivity index (χ0n) is 26.2. The third-order valence-electron chi connectivity index (χ3n) is 7.77. The molecule has 9 heteroatoms. The molecule has 0 radical (unpaired) electrons. The summed E-state index contributed by atoms with van der Waals surface area (Å²) in [5, 5.41) is 53.3. The van der Waals surface area contributed by atoms with E-state index in [1.54, 1.807) is 6.08 Å². The van der Waals surface area contributed by atoms with Crippen LogP contribution in [0, 0.1) is 0 Å². The Kier molecular flexibility index (Phi) is 23.1. The van der Waals surface area contributed by atoms with Crippen LogP contribution in [0.5, 0.6) is 0 Å². The topological polar surface area (TPSA) is 149 Å². The van der Waals surface area contributed by atoms with Crippen LogP contribution >= 0.6 is 0 Å². The maximum atomic E-state index is 12.7. The van der Waals surface area contributed by atoms with Crippen LogP contribution in [-0.2, 0) is 14.3 Å². The van der Waals surface area contributed by atoms with E-state index >= 15 is 0 Å². The predicted molar refractivity (Wildman–Crippen MR) is 166 cm³/mol. The van der Waals surface area contributed by atoms with E-state index in [-0.39, 0.29) is 12.5 Å². The van der Waals surface area contributed by atoms with E-state index in [2.05, 4.69) is 31.3 Å². The van der Waals surface area contributed by atoms with E-state index < -0.39 is 49.5 Å². The molecular weight excluding hydrogens is 538 g/mol. The van der Waals surface area contributed by atoms with Gasteiger partial charge in [0.25, 0.3) is 0 Å². The van der Waals surface area contributed by atoms with Gasteiger partial charge in [0.15, 0.2) is 6.29 Å². The molecule has 6 N–H and O–H groups in total. The van der Waals surface area contributed by atoms with Gasteiger partial charge < -0.3 is 40.3 Å². The molecule has 0 aromatic rings. The normalized spacial score (nSPS) is 24.4. The summed E-state index contributed by atoms with van der Waals surface area (Å²) in [5.41, 5.74) is 0. The number of carbonyl (C=O) groups is 1. The fraction of sp³-hybridized carbons (Fsp3) is 0.848. The number of aliphatic hydroxyl groups excluding tert-OH is 5. The van der Waals surface area contributed by atoms with Crippen LogP contribution in [0.25, 0.3) is 0 Å². The van der Waals surface area contributed by atoms with Gasteiger partial charge in [0.2, 0.25) is 5.91 Å². The zero-order chi connectivity index (χ0) is 31.0. The average Bonchev–Trinajstić information content (AvgIpc) is 2.98. The monoisotopic (exact) mass is 599 g/mol. The quantitative estimate of drug-likeness (QED) is 0.0667. The van der Waals surface area contributed by atoms with Crippen molar-refractivity contribution in [1.82, 2.24) is 5.32 Å². The van der Waals surface area contributed by atoms with Crippen molar-refractivity contribution >= 4 is 5.91 Å². The van der Waals surface area contributed by atoms with Crippen molar-refractivity contribution in [2.24, 2.45) is 0 Å². The second kappa shape index (κ2) is 25.0. The van der Waals surface area contributed by atoms with Crippen molar-refractivity contribution in [2.75, 3.05) is 13.2 Å². The lowest BCUT2D eigenvalue weighted by Gasteiger charge is -2.40. The Morgan fingerprint density at radius 2 is 1.33 bits per heavy atom. The summed E-state index contributed by atoms with van der Waals surface area (Å²) in [6.07, 6.45) is 18.4. The van der Waals surface area contributed by atoms with Gasteiger partial charge in [-0.2, -0.15) is 0 Å². The molecular formula is C33H61NO8. The van der Waals surface area contributed by atoms with Crippen molar-refractivity contribution < 1.29 is 39.8 Å². The fourth-order valence-corrected chi connectivity index (χ4v) is 4.97. The molecule has 1 saturated heterocycles. The Morgan fingerprint density at radius 1 is 0.786 bits per heavy atom. The lowest BCUT2D eigenvalue weighted by Crippen LogP contribution is -2.60. The lowest BCUT2D eigenvalue weighted by molar-refractivity contribution is -0.302. The van der Waals surface area contributed by atoms with Gasteiger partial charge in [-0.1, -0.05) is 95.9 Å². The molecule has 0 saturated carbocycles. The highest BCUT2D eigenvalue weighted by atomic mass is 16.7. The largest absolute Gasteiger partial charge is 0.394 e. The smallest absolute Gasteiger partial charge is 0.220 e. The van der Waals surface area contributed by atoms with E-state index in [1.807, 2.05) is 6.08 Å². The zero-order valence-corrected chi connectivity index (χ0v) is 26.2. The minimum atomic E-state index is -1.56. The molecule has 0 spiro atoms. The SMILES string of the molecule is CCCCC/C=C/C(O)C(COC1OC(CO)C(O)C(O)C1O)NC(=O)CCCCCCC/C=C\CCCCCCC. The molecule has 1 rings (SSSR count). The van der Waals surface area contributed by atoms with Crippen molar-refractivity contribution in [1.29, 1.82) is 0 Å². The molecule has 0 aromatic carbocycles. The van der Waals surface area contributed by atoms with Crippen LogP contribution in [0.2, 0.25) is 0 Å². The Hall–Kier alpha value is -1.33. The molecule has 0 bridgehead atoms. The van der Waals surface area contributed by atoms with Crippen LogP contribution in [0.4, 0.5) is 0 Å². The number of allylic oxidation sites excluding steroid dienone is 3. The van der Waals surface area contributed by atoms with Crippen LogP contribution < -0.4 is 5.32 Å². The first kappa shape index (κ1) is 38.7. The van der Waals surface area contributed by atoms with Crippen molar-refractivity contribution in [3.63, 3.8) is 0 Å². The van der Waals surface area contributed by atoms with Gasteiger partial charge in [-0.05, 0) is 44.9 Å². The number of ether oxygens (including phenoxy) is 2. The van der Waals surface area contributed by atoms with Crippen molar-refractivity contribution in [3.8, 4) is 0 Å². The van der Waals surface area contributed by atoms with Gasteiger partial charge in [0.1, 0.15) is 24.4 Å². The minimum Gasteiger partial charge on any atom is -0.394 e. The van der Waals surface area contributed by atoms with Gasteiger partial charge >= 0.3 is 0 Å². The molecule has 0 aromatic heterocycles. The number of nitrogens with one attached hydrogen (secondary N) is 1. The second-order valence-electron chi connectivity index (χ2n) is 11.6. The molecule has 42 heavy (non-hydrogen) atoms. The van der Waals surface area contributed by atoms with E-state index in [9.17, 15) is 30.3 Å². The van der Waals surface area contributed by atoms with Crippen LogP contribution in [0.3, 0.4) is 0 Å². The van der Waals surface area contributed by atoms with Crippen LogP contribution in [0.15, 0.2) is 24.3 Å². The molecule has 7 unspecified atom stereocenters. The van der Waals surface area contributed by atoms with Crippen molar-refractivity contribution in [2.45, 2.75) is 166 Å². The summed E-state index contributed by atoms with van der Waals surface area (Å²) in [7, 11) is 0. The van der Waals surface area contributed by atoms with Gasteiger partial charge in [0, 0.05) is 6.42 Å². The van der Waals surface area contributed by atoms with Gasteiger partial charge in [0.05, 0.1) is 25.4 Å². The molecule has 1 amide bonds. The van der Waals surface area contributed by atoms with Gasteiger partial charge in [-0.15, -0.1) is 0 Å². The molecule has 9 nitrogen and oxygen atoms in total. The van der Waals surface area contributed by atoms with Gasteiger partial charge in [-0.3, -0.25) is 4.79 Å². The van der Waals surface area contributed by atoms with E-state index in [0.29, 0.717) is 6.42 Å². The fourth-order valence-electron chi connectivity index (χ4n) is 4.97. The summed E-state index contributed by atoms with van der Waals surface area (Å²) in [6, 6.07) is -0.800. The number of hydrogen-bond acceptors (Lipinski definition) is 8. The molecule has 1 aliphatic rings. The predicted octanol–water partition coefficient (Wildman–Crippen LogP) is 4.43. The number of unbranched alkanes of at least 4 members (excludes halogenated alkanes) is 13. The third-order valence-corrected chi connectivity index (χ3v) is 7.77. The summed E-state index contributed by atoms with van der Waals surface area (Å²) in [6.45, 7) is 3.60. The Morgan fingerprint density at radius 3 is 1.98 bits per heavy atom. The molecule has 0 aliphatic carbocycles. The average molecular weight is 600 g/mol. The highest BCUT2D eigenvalue weighted by molar-refractivity contribution is 5.76. The molecule has 1 aliphatic heterocycles. The first-order valence-electron chi connectivity index (χ1n) is 16.6. The molecule has 1 heterocycles. The maximum absolute atomic E-state index is 12.7. The second-order valence-corrected chi connectivity index (χ2v) is 11.6. The Balaban J connectivity index is 2.43. The van der Waals surface area contributed by atoms with Gasteiger partial charge in [-0.25, -0.2) is 0 Å². The molecule has 7 atom stereocenters. The number of amides is 1. The summed E-state index contributed by atoms with van der Waals surface area (Å²) in [4.78, 5) is 12.7. The highest BCUT2D eigenvalue weighted by Crippen LogP contribution is 2.22. The maximum Gasteiger partial charge on any atom is 0.220 e. The number of aliphatic hydroxyl groups is 5. The van der Waals surface area contributed by atoms with E-state index in [1.165, 1.54) is 38.5 Å². The Labute approximate surface area is 254 Å². The summed E-state index contributed by atoms with van der Waals surface area (Å²) < 4.78 is 11.0.